The molecule has 2 aromatic rings. The van der Waals surface area contributed by atoms with E-state index in [-0.39, 0.29) is 23.8 Å². The number of rotatable bonds is 8. The minimum Gasteiger partial charge on any atom is -0.491 e. The fourth-order valence-electron chi connectivity index (χ4n) is 1.84. The van der Waals surface area contributed by atoms with Crippen molar-refractivity contribution in [1.82, 2.24) is 4.72 Å². The van der Waals surface area contributed by atoms with Crippen LogP contribution in [-0.4, -0.2) is 48.7 Å². The number of halogens is 2. The predicted octanol–water partition coefficient (Wildman–Crippen LogP) is 1.83. The maximum atomic E-state index is 12.8. The normalized spacial score (nSPS) is 12.0. The van der Waals surface area contributed by atoms with Gasteiger partial charge in [0.25, 0.3) is 10.1 Å². The lowest BCUT2D eigenvalue weighted by Gasteiger charge is -2.10. The Kier molecular flexibility index (Phi) is 9.66. The second-order valence-electron chi connectivity index (χ2n) is 5.72. The van der Waals surface area contributed by atoms with Gasteiger partial charge in [-0.05, 0) is 49.4 Å². The highest BCUT2D eigenvalue weighted by molar-refractivity contribution is 7.89. The molecule has 0 spiro atoms. The molecule has 2 aromatic carbocycles. The van der Waals surface area contributed by atoms with E-state index in [2.05, 4.69) is 4.72 Å². The Hall–Kier alpha value is -1.97. The number of benzene rings is 2. The lowest BCUT2D eigenvalue weighted by atomic mass is 10.3. The van der Waals surface area contributed by atoms with E-state index in [9.17, 15) is 29.1 Å². The number of ether oxygens (including phenoxy) is 1. The van der Waals surface area contributed by atoms with E-state index in [1.807, 2.05) is 0 Å². The highest BCUT2D eigenvalue weighted by Gasteiger charge is 2.17. The summed E-state index contributed by atoms with van der Waals surface area (Å²) in [5, 5.41) is 0.297. The van der Waals surface area contributed by atoms with Crippen molar-refractivity contribution in [3.05, 3.63) is 47.5 Å². The van der Waals surface area contributed by atoms with Crippen molar-refractivity contribution in [2.24, 2.45) is 0 Å². The van der Waals surface area contributed by atoms with Gasteiger partial charge in [-0.25, -0.2) is 13.1 Å². The zero-order valence-corrected chi connectivity index (χ0v) is 19.2. The molecule has 0 aromatic heterocycles. The van der Waals surface area contributed by atoms with Crippen molar-refractivity contribution >= 4 is 47.7 Å². The monoisotopic (exact) mass is 518 g/mol. The third-order valence-corrected chi connectivity index (χ3v) is 6.73. The van der Waals surface area contributed by atoms with Crippen LogP contribution in [0, 0.1) is 0 Å². The number of anilines is 1. The lowest BCUT2D eigenvalue weighted by molar-refractivity contribution is 0.323. The van der Waals surface area contributed by atoms with E-state index in [0.717, 1.165) is 24.3 Å². The van der Waals surface area contributed by atoms with Crippen molar-refractivity contribution in [2.45, 2.75) is 16.7 Å². The minimum atomic E-state index is -4.88. The van der Waals surface area contributed by atoms with E-state index in [1.54, 1.807) is 12.1 Å². The first-order valence-electron chi connectivity index (χ1n) is 8.33. The summed E-state index contributed by atoms with van der Waals surface area (Å²) in [6, 6.07) is 8.37. The van der Waals surface area contributed by atoms with Gasteiger partial charge < -0.3 is 10.5 Å². The quantitative estimate of drug-likeness (QED) is 0.204. The van der Waals surface area contributed by atoms with Gasteiger partial charge in [0.15, 0.2) is 0 Å². The fourth-order valence-corrected chi connectivity index (χ4v) is 3.55. The number of hydrogen-bond acceptors (Lipinski definition) is 8. The molecule has 15 heteroatoms. The fraction of sp³-hybridized carbons (Fsp3) is 0.250. The van der Waals surface area contributed by atoms with Crippen LogP contribution in [0.4, 0.5) is 9.57 Å². The maximum Gasteiger partial charge on any atom is 0.332 e. The summed E-state index contributed by atoms with van der Waals surface area (Å²) in [5.74, 6) is 0.153. The van der Waals surface area contributed by atoms with Crippen LogP contribution < -0.4 is 15.2 Å². The molecule has 31 heavy (non-hydrogen) atoms. The first-order chi connectivity index (χ1) is 14.2. The van der Waals surface area contributed by atoms with Gasteiger partial charge in [0.1, 0.15) is 12.4 Å². The molecule has 0 aliphatic heterocycles. The molecule has 4 N–H and O–H groups in total. The molecule has 174 valence electrons. The second-order valence-corrected chi connectivity index (χ2v) is 11.0. The maximum absolute atomic E-state index is 12.8. The zero-order chi connectivity index (χ0) is 23.9. The Bertz CT molecular complexity index is 1200. The molecule has 0 aliphatic carbocycles. The van der Waals surface area contributed by atoms with Gasteiger partial charge >= 0.3 is 10.2 Å². The smallest absolute Gasteiger partial charge is 0.332 e. The van der Waals surface area contributed by atoms with E-state index in [4.69, 9.17) is 26.6 Å². The molecule has 0 fully saturated rings. The number of nitrogen functional groups attached to an aromatic ring is 1. The Morgan fingerprint density at radius 2 is 1.55 bits per heavy atom. The first kappa shape index (κ1) is 27.1. The summed E-state index contributed by atoms with van der Waals surface area (Å²) in [4.78, 5) is -0.821. The third-order valence-electron chi connectivity index (χ3n) is 3.39. The van der Waals surface area contributed by atoms with Gasteiger partial charge in [0, 0.05) is 12.2 Å². The van der Waals surface area contributed by atoms with E-state index < -0.39 is 35.3 Å². The average Bonchev–Trinajstić information content (AvgIpc) is 2.66. The van der Waals surface area contributed by atoms with Crippen LogP contribution in [0.2, 0.25) is 5.02 Å². The molecule has 0 saturated carbocycles. The summed E-state index contributed by atoms with van der Waals surface area (Å²) >= 11 is 5.92. The molecule has 0 aliphatic rings. The molecule has 0 saturated heterocycles. The van der Waals surface area contributed by atoms with Crippen LogP contribution in [0.25, 0.3) is 0 Å². The van der Waals surface area contributed by atoms with Gasteiger partial charge in [0.05, 0.1) is 20.6 Å². The lowest BCUT2D eigenvalue weighted by Crippen LogP contribution is -2.28. The van der Waals surface area contributed by atoms with Gasteiger partial charge in [0.2, 0.25) is 10.0 Å². The summed E-state index contributed by atoms with van der Waals surface area (Å²) < 4.78 is 92.9. The summed E-state index contributed by atoms with van der Waals surface area (Å²) in [5.41, 5.74) is 6.02. The SMILES string of the molecule is CCS(=O)(=O)O.Nc1ccc(OCCNS(=O)(=O)c2ccc(S(=O)(=O)F)cc2)c(Cl)c1. The molecule has 10 nitrogen and oxygen atoms in total. The van der Waals surface area contributed by atoms with Gasteiger partial charge in [-0.2, -0.15) is 16.8 Å². The van der Waals surface area contributed by atoms with Crippen LogP contribution in [0.15, 0.2) is 52.3 Å². The summed E-state index contributed by atoms with van der Waals surface area (Å²) in [7, 11) is -12.4. The predicted molar refractivity (Wildman–Crippen MR) is 113 cm³/mol. The Morgan fingerprint density at radius 3 is 2.00 bits per heavy atom. The van der Waals surface area contributed by atoms with Crippen LogP contribution >= 0.6 is 11.6 Å². The Labute approximate surface area is 185 Å². The van der Waals surface area contributed by atoms with Crippen molar-refractivity contribution in [2.75, 3.05) is 24.6 Å². The molecule has 2 rings (SSSR count). The van der Waals surface area contributed by atoms with Gasteiger partial charge in [-0.3, -0.25) is 4.55 Å². The molecule has 0 radical (unpaired) electrons. The van der Waals surface area contributed by atoms with Crippen LogP contribution in [0.1, 0.15) is 6.92 Å². The average molecular weight is 519 g/mol. The Balaban J connectivity index is 0.000000703. The number of hydrogen-bond donors (Lipinski definition) is 3. The zero-order valence-electron chi connectivity index (χ0n) is 16.0. The highest BCUT2D eigenvalue weighted by Crippen LogP contribution is 2.26. The van der Waals surface area contributed by atoms with Crippen molar-refractivity contribution in [3.63, 3.8) is 0 Å². The van der Waals surface area contributed by atoms with Crippen molar-refractivity contribution < 1.29 is 38.4 Å². The second kappa shape index (κ2) is 11.1. The van der Waals surface area contributed by atoms with Gasteiger partial charge in [-0.1, -0.05) is 11.6 Å². The Morgan fingerprint density at radius 1 is 1.03 bits per heavy atom. The molecule has 0 heterocycles. The summed E-state index contributed by atoms with van der Waals surface area (Å²) in [6.45, 7) is 1.31. The van der Waals surface area contributed by atoms with Crippen molar-refractivity contribution in [1.29, 1.82) is 0 Å². The van der Waals surface area contributed by atoms with E-state index >= 15 is 0 Å². The first-order valence-corrected chi connectivity index (χ1v) is 13.2. The van der Waals surface area contributed by atoms with Crippen molar-refractivity contribution in [3.8, 4) is 5.75 Å². The van der Waals surface area contributed by atoms with E-state index in [0.29, 0.717) is 16.5 Å². The highest BCUT2D eigenvalue weighted by atomic mass is 35.5. The van der Waals surface area contributed by atoms with Crippen LogP contribution in [-0.2, 0) is 30.4 Å². The molecule has 0 bridgehead atoms. The van der Waals surface area contributed by atoms with Crippen LogP contribution in [0.5, 0.6) is 5.75 Å². The largest absolute Gasteiger partial charge is 0.491 e. The van der Waals surface area contributed by atoms with E-state index in [1.165, 1.54) is 13.0 Å². The third kappa shape index (κ3) is 9.80. The number of nitrogens with one attached hydrogen (secondary N) is 1. The van der Waals surface area contributed by atoms with Crippen LogP contribution in [0.3, 0.4) is 0 Å². The number of nitrogens with two attached hydrogens (primary N) is 1. The molecule has 0 amide bonds. The summed E-state index contributed by atoms with van der Waals surface area (Å²) in [6.07, 6.45) is 0. The number of sulfonamides is 1. The molecular formula is C16H20ClFN2O8S3. The van der Waals surface area contributed by atoms with Gasteiger partial charge in [-0.15, -0.1) is 3.89 Å². The topological polar surface area (TPSA) is 170 Å². The molecular weight excluding hydrogens is 499 g/mol. The standard InChI is InChI=1S/C14H14ClFN2O5S2.C2H6O3S/c15-13-9-10(17)1-6-14(13)23-8-7-18-25(21,22)12-4-2-11(3-5-12)24(16,19)20;1-2-6(3,4)5/h1-6,9,18H,7-8,17H2;2H2,1H3,(H,3,4,5). The molecule has 0 atom stereocenters. The molecule has 0 unspecified atom stereocenters. The minimum absolute atomic E-state index is 0.000188.